The highest BCUT2D eigenvalue weighted by molar-refractivity contribution is 9.10. The first-order chi connectivity index (χ1) is 13.9. The molecule has 152 valence electrons. The summed E-state index contributed by atoms with van der Waals surface area (Å²) in [4.78, 5) is 8.27. The largest absolute Gasteiger partial charge is 0.491 e. The maximum absolute atomic E-state index is 14.6. The van der Waals surface area contributed by atoms with Gasteiger partial charge in [0.2, 0.25) is 0 Å². The average Bonchev–Trinajstić information content (AvgIpc) is 3.32. The van der Waals surface area contributed by atoms with Crippen LogP contribution in [0, 0.1) is 24.5 Å². The summed E-state index contributed by atoms with van der Waals surface area (Å²) >= 11 is 3.33. The molecule has 29 heavy (non-hydrogen) atoms. The van der Waals surface area contributed by atoms with Crippen molar-refractivity contribution in [1.29, 1.82) is 0 Å². The van der Waals surface area contributed by atoms with Crippen LogP contribution in [0.4, 0.5) is 8.78 Å². The van der Waals surface area contributed by atoms with E-state index in [2.05, 4.69) is 31.0 Å². The standard InChI is InChI=1S/C20H19BrF2N4O2/c1-13-18(4-5-19(21)26-13)28-8-14-7-20(29-9-14,10-27-12-24-11-25-27)16-3-2-15(22)6-17(16)23/h2-6,11-12,14H,7-10H2,1H3/t14-,20+/m1/s1. The highest BCUT2D eigenvalue weighted by Crippen LogP contribution is 2.42. The number of halogens is 3. The molecule has 0 amide bonds. The van der Waals surface area contributed by atoms with E-state index in [0.717, 1.165) is 16.4 Å². The van der Waals surface area contributed by atoms with Crippen LogP contribution in [-0.4, -0.2) is 33.0 Å². The summed E-state index contributed by atoms with van der Waals surface area (Å²) in [5.41, 5.74) is 0.0992. The fraction of sp³-hybridized carbons (Fsp3) is 0.350. The summed E-state index contributed by atoms with van der Waals surface area (Å²) in [6.07, 6.45) is 3.46. The van der Waals surface area contributed by atoms with Gasteiger partial charge in [0.15, 0.2) is 0 Å². The zero-order valence-corrected chi connectivity index (χ0v) is 17.3. The van der Waals surface area contributed by atoms with Crippen molar-refractivity contribution in [2.45, 2.75) is 25.5 Å². The summed E-state index contributed by atoms with van der Waals surface area (Å²) in [6, 6.07) is 7.22. The number of aromatic nitrogens is 4. The second kappa shape index (κ2) is 8.16. The zero-order valence-electron chi connectivity index (χ0n) is 15.7. The van der Waals surface area contributed by atoms with Crippen LogP contribution in [0.3, 0.4) is 0 Å². The van der Waals surface area contributed by atoms with Gasteiger partial charge in [-0.3, -0.25) is 0 Å². The lowest BCUT2D eigenvalue weighted by Crippen LogP contribution is -2.32. The first-order valence-electron chi connectivity index (χ1n) is 9.13. The van der Waals surface area contributed by atoms with Gasteiger partial charge < -0.3 is 9.47 Å². The first kappa shape index (κ1) is 19.9. The third-order valence-electron chi connectivity index (χ3n) is 5.00. The van der Waals surface area contributed by atoms with Crippen molar-refractivity contribution in [2.75, 3.05) is 13.2 Å². The zero-order chi connectivity index (χ0) is 20.4. The molecule has 1 aromatic carbocycles. The van der Waals surface area contributed by atoms with Crippen LogP contribution in [-0.2, 0) is 16.9 Å². The van der Waals surface area contributed by atoms with Crippen LogP contribution in [0.15, 0.2) is 47.6 Å². The molecule has 9 heteroatoms. The molecular formula is C20H19BrF2N4O2. The number of pyridine rings is 1. The molecule has 1 saturated heterocycles. The van der Waals surface area contributed by atoms with Gasteiger partial charge in [0.25, 0.3) is 0 Å². The molecule has 0 aliphatic carbocycles. The maximum Gasteiger partial charge on any atom is 0.140 e. The lowest BCUT2D eigenvalue weighted by Gasteiger charge is -2.29. The smallest absolute Gasteiger partial charge is 0.140 e. The molecule has 0 bridgehead atoms. The Morgan fingerprint density at radius 3 is 2.90 bits per heavy atom. The Morgan fingerprint density at radius 1 is 1.31 bits per heavy atom. The van der Waals surface area contributed by atoms with Crippen molar-refractivity contribution in [3.63, 3.8) is 0 Å². The van der Waals surface area contributed by atoms with Crippen LogP contribution in [0.2, 0.25) is 0 Å². The number of aryl methyl sites for hydroxylation is 1. The van der Waals surface area contributed by atoms with Gasteiger partial charge in [-0.25, -0.2) is 23.4 Å². The van der Waals surface area contributed by atoms with E-state index >= 15 is 0 Å². The van der Waals surface area contributed by atoms with E-state index in [4.69, 9.17) is 9.47 Å². The molecule has 1 aliphatic heterocycles. The van der Waals surface area contributed by atoms with Gasteiger partial charge in [-0.15, -0.1) is 0 Å². The van der Waals surface area contributed by atoms with Gasteiger partial charge in [-0.2, -0.15) is 5.10 Å². The van der Waals surface area contributed by atoms with E-state index < -0.39 is 17.2 Å². The van der Waals surface area contributed by atoms with Crippen molar-refractivity contribution in [3.8, 4) is 5.75 Å². The average molecular weight is 465 g/mol. The van der Waals surface area contributed by atoms with E-state index in [0.29, 0.717) is 30.9 Å². The van der Waals surface area contributed by atoms with E-state index in [1.165, 1.54) is 18.5 Å². The molecule has 3 aromatic rings. The molecule has 1 fully saturated rings. The van der Waals surface area contributed by atoms with Gasteiger partial charge in [0.1, 0.15) is 40.2 Å². The molecule has 0 saturated carbocycles. The minimum atomic E-state index is -0.980. The van der Waals surface area contributed by atoms with Gasteiger partial charge in [-0.1, -0.05) is 6.07 Å². The Hall–Kier alpha value is -2.39. The van der Waals surface area contributed by atoms with Gasteiger partial charge in [-0.05, 0) is 47.5 Å². The van der Waals surface area contributed by atoms with E-state index in [-0.39, 0.29) is 12.5 Å². The monoisotopic (exact) mass is 464 g/mol. The van der Waals surface area contributed by atoms with Crippen molar-refractivity contribution in [2.24, 2.45) is 5.92 Å². The highest BCUT2D eigenvalue weighted by atomic mass is 79.9. The Kier molecular flexibility index (Phi) is 5.60. The molecule has 0 radical (unpaired) electrons. The third-order valence-corrected chi connectivity index (χ3v) is 5.44. The molecule has 0 unspecified atom stereocenters. The fourth-order valence-electron chi connectivity index (χ4n) is 3.66. The van der Waals surface area contributed by atoms with Crippen LogP contribution < -0.4 is 4.74 Å². The normalized spacial score (nSPS) is 21.4. The van der Waals surface area contributed by atoms with Crippen molar-refractivity contribution >= 4 is 15.9 Å². The predicted octanol–water partition coefficient (Wildman–Crippen LogP) is 4.03. The van der Waals surface area contributed by atoms with E-state index in [1.54, 1.807) is 11.0 Å². The molecular weight excluding hydrogens is 446 g/mol. The Morgan fingerprint density at radius 2 is 2.17 bits per heavy atom. The van der Waals surface area contributed by atoms with E-state index in [9.17, 15) is 8.78 Å². The minimum Gasteiger partial charge on any atom is -0.491 e. The summed E-state index contributed by atoms with van der Waals surface area (Å²) in [5, 5.41) is 4.12. The molecule has 1 aliphatic rings. The maximum atomic E-state index is 14.6. The molecule has 6 nitrogen and oxygen atoms in total. The first-order valence-corrected chi connectivity index (χ1v) is 9.92. The van der Waals surface area contributed by atoms with Crippen LogP contribution in [0.5, 0.6) is 5.75 Å². The Balaban J connectivity index is 1.55. The van der Waals surface area contributed by atoms with Gasteiger partial charge in [0.05, 0.1) is 25.5 Å². The molecule has 3 heterocycles. The van der Waals surface area contributed by atoms with Gasteiger partial charge in [0, 0.05) is 17.5 Å². The number of hydrogen-bond acceptors (Lipinski definition) is 5. The Labute approximate surface area is 175 Å². The van der Waals surface area contributed by atoms with Crippen molar-refractivity contribution in [3.05, 3.63) is 70.5 Å². The van der Waals surface area contributed by atoms with Crippen molar-refractivity contribution < 1.29 is 18.3 Å². The fourth-order valence-corrected chi connectivity index (χ4v) is 4.06. The van der Waals surface area contributed by atoms with E-state index in [1.807, 2.05) is 19.1 Å². The lowest BCUT2D eigenvalue weighted by atomic mass is 9.87. The van der Waals surface area contributed by atoms with Gasteiger partial charge >= 0.3 is 0 Å². The van der Waals surface area contributed by atoms with Crippen LogP contribution in [0.25, 0.3) is 0 Å². The quantitative estimate of drug-likeness (QED) is 0.515. The predicted molar refractivity (Wildman–Crippen MR) is 104 cm³/mol. The molecule has 2 aromatic heterocycles. The third kappa shape index (κ3) is 4.30. The SMILES string of the molecule is Cc1nc(Br)ccc1OC[C@@H]1CO[C@@](Cn2cncn2)(c2ccc(F)cc2F)C1. The second-order valence-corrected chi connectivity index (χ2v) is 7.93. The number of hydrogen-bond donors (Lipinski definition) is 0. The lowest BCUT2D eigenvalue weighted by molar-refractivity contribution is -0.0206. The summed E-state index contributed by atoms with van der Waals surface area (Å²) in [7, 11) is 0. The van der Waals surface area contributed by atoms with Crippen LogP contribution in [0.1, 0.15) is 17.7 Å². The number of benzene rings is 1. The molecule has 0 N–H and O–H groups in total. The molecule has 4 rings (SSSR count). The van der Waals surface area contributed by atoms with Crippen molar-refractivity contribution in [1.82, 2.24) is 19.7 Å². The number of rotatable bonds is 6. The minimum absolute atomic E-state index is 0.0195. The topological polar surface area (TPSA) is 62.1 Å². The Bertz CT molecular complexity index is 1000. The highest BCUT2D eigenvalue weighted by Gasteiger charge is 2.44. The molecule has 2 atom stereocenters. The summed E-state index contributed by atoms with van der Waals surface area (Å²) in [6.45, 7) is 2.92. The molecule has 0 spiro atoms. The van der Waals surface area contributed by atoms with Crippen LogP contribution >= 0.6 is 15.9 Å². The number of nitrogens with zero attached hydrogens (tertiary/aromatic N) is 4. The second-order valence-electron chi connectivity index (χ2n) is 7.12. The number of ether oxygens (including phenoxy) is 2. The summed E-state index contributed by atoms with van der Waals surface area (Å²) < 4.78 is 42.5. The summed E-state index contributed by atoms with van der Waals surface area (Å²) in [5.74, 6) is -0.557.